The summed E-state index contributed by atoms with van der Waals surface area (Å²) in [6.07, 6.45) is 7.21. The molecule has 4 rings (SSSR count). The molecule has 1 unspecified atom stereocenters. The Hall–Kier alpha value is -3.41. The molecule has 0 saturated carbocycles. The van der Waals surface area contributed by atoms with Crippen LogP contribution >= 0.6 is 0 Å². The van der Waals surface area contributed by atoms with Gasteiger partial charge in [-0.15, -0.1) is 0 Å². The monoisotopic (exact) mass is 419 g/mol. The van der Waals surface area contributed by atoms with Crippen molar-refractivity contribution in [2.75, 3.05) is 13.7 Å². The molecule has 6 heteroatoms. The summed E-state index contributed by atoms with van der Waals surface area (Å²) >= 11 is 0. The van der Waals surface area contributed by atoms with Crippen molar-refractivity contribution in [2.45, 2.75) is 32.7 Å². The number of carbonyl (C=O) groups excluding carboxylic acids is 1. The van der Waals surface area contributed by atoms with Crippen molar-refractivity contribution in [1.82, 2.24) is 14.5 Å². The number of hydrogen-bond acceptors (Lipinski definition) is 3. The van der Waals surface area contributed by atoms with Gasteiger partial charge in [0, 0.05) is 18.3 Å². The smallest absolute Gasteiger partial charge is 0.250 e. The maximum atomic E-state index is 13.7. The Bertz CT molecular complexity index is 1140. The van der Waals surface area contributed by atoms with Crippen molar-refractivity contribution in [2.24, 2.45) is 0 Å². The van der Waals surface area contributed by atoms with Gasteiger partial charge in [-0.3, -0.25) is 4.79 Å². The summed E-state index contributed by atoms with van der Waals surface area (Å²) in [6, 6.07) is 12.1. The Morgan fingerprint density at radius 1 is 1.23 bits per heavy atom. The molecule has 0 bridgehead atoms. The van der Waals surface area contributed by atoms with Crippen LogP contribution in [0.25, 0.3) is 11.8 Å². The van der Waals surface area contributed by atoms with Crippen molar-refractivity contribution in [1.29, 1.82) is 0 Å². The number of hydrogen-bond donors (Lipinski definition) is 0. The van der Waals surface area contributed by atoms with E-state index in [0.29, 0.717) is 12.3 Å². The second-order valence-electron chi connectivity index (χ2n) is 7.86. The molecule has 1 aromatic heterocycles. The van der Waals surface area contributed by atoms with Gasteiger partial charge in [0.05, 0.1) is 30.9 Å². The number of benzene rings is 2. The average Bonchev–Trinajstić information content (AvgIpc) is 3.20. The highest BCUT2D eigenvalue weighted by Crippen LogP contribution is 2.30. The van der Waals surface area contributed by atoms with Crippen molar-refractivity contribution in [3.05, 3.63) is 83.2 Å². The highest BCUT2D eigenvalue weighted by Gasteiger charge is 2.28. The van der Waals surface area contributed by atoms with E-state index in [1.54, 1.807) is 19.5 Å². The topological polar surface area (TPSA) is 47.4 Å². The predicted octanol–water partition coefficient (Wildman–Crippen LogP) is 5.10. The minimum Gasteiger partial charge on any atom is -0.495 e. The molecule has 2 aromatic carbocycles. The van der Waals surface area contributed by atoms with Gasteiger partial charge in [-0.2, -0.15) is 0 Å². The first-order chi connectivity index (χ1) is 15.0. The molecule has 1 aliphatic rings. The molecule has 1 saturated heterocycles. The van der Waals surface area contributed by atoms with Crippen LogP contribution in [0.5, 0.6) is 5.75 Å². The van der Waals surface area contributed by atoms with Crippen LogP contribution in [-0.2, 0) is 4.79 Å². The maximum Gasteiger partial charge on any atom is 0.250 e. The largest absolute Gasteiger partial charge is 0.495 e. The van der Waals surface area contributed by atoms with Gasteiger partial charge in [0.1, 0.15) is 11.6 Å². The molecule has 5 nitrogen and oxygen atoms in total. The number of amides is 1. The van der Waals surface area contributed by atoms with Gasteiger partial charge in [-0.1, -0.05) is 18.2 Å². The Morgan fingerprint density at radius 2 is 2.06 bits per heavy atom. The number of rotatable bonds is 5. The van der Waals surface area contributed by atoms with Crippen LogP contribution in [0.1, 0.15) is 42.6 Å². The summed E-state index contributed by atoms with van der Waals surface area (Å²) in [6.45, 7) is 4.55. The van der Waals surface area contributed by atoms with E-state index in [1.807, 2.05) is 59.9 Å². The Balaban J connectivity index is 1.60. The Labute approximate surface area is 181 Å². The predicted molar refractivity (Wildman–Crippen MR) is 119 cm³/mol. The number of halogens is 1. The van der Waals surface area contributed by atoms with E-state index in [2.05, 4.69) is 4.98 Å². The van der Waals surface area contributed by atoms with Crippen molar-refractivity contribution >= 4 is 12.0 Å². The van der Waals surface area contributed by atoms with Crippen LogP contribution in [-0.4, -0.2) is 34.0 Å². The lowest BCUT2D eigenvalue weighted by molar-refractivity contribution is -0.130. The molecule has 0 spiro atoms. The third-order valence-electron chi connectivity index (χ3n) is 5.71. The van der Waals surface area contributed by atoms with E-state index in [4.69, 9.17) is 4.74 Å². The van der Waals surface area contributed by atoms with Crippen LogP contribution in [0.15, 0.2) is 60.6 Å². The van der Waals surface area contributed by atoms with E-state index >= 15 is 0 Å². The number of likely N-dealkylation sites (tertiary alicyclic amines) is 1. The third-order valence-corrected chi connectivity index (χ3v) is 5.71. The summed E-state index contributed by atoms with van der Waals surface area (Å²) in [5, 5.41) is 0. The standard InChI is InChI=1S/C25H26FN3O2/c1-17-15-28(16-27-17)23-10-9-19(13-24(23)31-3)12-21-7-5-11-29(25(21)30)18(2)20-6-4-8-22(26)14-20/h4,6,8-10,12-16,18H,5,7,11H2,1-3H3/b21-12+. The number of nitrogens with zero attached hydrogens (tertiary/aromatic N) is 3. The van der Waals surface area contributed by atoms with Crippen molar-refractivity contribution < 1.29 is 13.9 Å². The quantitative estimate of drug-likeness (QED) is 0.541. The molecule has 2 heterocycles. The lowest BCUT2D eigenvalue weighted by Crippen LogP contribution is -2.38. The lowest BCUT2D eigenvalue weighted by Gasteiger charge is -2.34. The third kappa shape index (κ3) is 4.38. The average molecular weight is 420 g/mol. The van der Waals surface area contributed by atoms with Crippen LogP contribution in [0.2, 0.25) is 0 Å². The maximum absolute atomic E-state index is 13.7. The van der Waals surface area contributed by atoms with Gasteiger partial charge in [0.25, 0.3) is 0 Å². The Kier molecular flexibility index (Phi) is 5.89. The molecule has 1 amide bonds. The van der Waals surface area contributed by atoms with E-state index in [0.717, 1.165) is 40.9 Å². The fourth-order valence-electron chi connectivity index (χ4n) is 4.03. The zero-order valence-corrected chi connectivity index (χ0v) is 18.0. The van der Waals surface area contributed by atoms with Crippen LogP contribution < -0.4 is 4.74 Å². The summed E-state index contributed by atoms with van der Waals surface area (Å²) in [4.78, 5) is 19.3. The first kappa shape index (κ1) is 20.8. The molecule has 31 heavy (non-hydrogen) atoms. The molecule has 0 radical (unpaired) electrons. The van der Waals surface area contributed by atoms with Gasteiger partial charge in [0.15, 0.2) is 0 Å². The highest BCUT2D eigenvalue weighted by molar-refractivity contribution is 5.98. The van der Waals surface area contributed by atoms with Gasteiger partial charge < -0.3 is 14.2 Å². The number of aromatic nitrogens is 2. The fourth-order valence-corrected chi connectivity index (χ4v) is 4.03. The highest BCUT2D eigenvalue weighted by atomic mass is 19.1. The minimum absolute atomic E-state index is 0.00344. The molecule has 0 N–H and O–H groups in total. The molecule has 1 atom stereocenters. The Morgan fingerprint density at radius 3 is 2.77 bits per heavy atom. The molecular weight excluding hydrogens is 393 g/mol. The van der Waals surface area contributed by atoms with Crippen molar-refractivity contribution in [3.8, 4) is 11.4 Å². The van der Waals surface area contributed by atoms with Gasteiger partial charge >= 0.3 is 0 Å². The first-order valence-corrected chi connectivity index (χ1v) is 10.4. The zero-order chi connectivity index (χ0) is 22.0. The van der Waals surface area contributed by atoms with E-state index in [9.17, 15) is 9.18 Å². The van der Waals surface area contributed by atoms with E-state index in [-0.39, 0.29) is 17.8 Å². The molecule has 0 aliphatic carbocycles. The second-order valence-corrected chi connectivity index (χ2v) is 7.86. The normalized spacial score (nSPS) is 16.6. The number of aryl methyl sites for hydroxylation is 1. The number of methoxy groups -OCH3 is 1. The van der Waals surface area contributed by atoms with Crippen LogP contribution in [0, 0.1) is 12.7 Å². The number of carbonyl (C=O) groups is 1. The zero-order valence-electron chi connectivity index (χ0n) is 18.0. The molecular formula is C25H26FN3O2. The second kappa shape index (κ2) is 8.76. The SMILES string of the molecule is COc1cc(/C=C2\CCCN(C(C)c3cccc(F)c3)C2=O)ccc1-n1cnc(C)c1. The number of imidazole rings is 1. The van der Waals surface area contributed by atoms with Crippen molar-refractivity contribution in [3.63, 3.8) is 0 Å². The summed E-state index contributed by atoms with van der Waals surface area (Å²) in [5.41, 5.74) is 4.27. The number of ether oxygens (including phenoxy) is 1. The summed E-state index contributed by atoms with van der Waals surface area (Å²) in [5.74, 6) is 0.418. The summed E-state index contributed by atoms with van der Waals surface area (Å²) < 4.78 is 21.2. The molecule has 1 fully saturated rings. The first-order valence-electron chi connectivity index (χ1n) is 10.4. The molecule has 1 aliphatic heterocycles. The molecule has 3 aromatic rings. The number of piperidine rings is 1. The lowest BCUT2D eigenvalue weighted by atomic mass is 9.97. The van der Waals surface area contributed by atoms with Crippen LogP contribution in [0.3, 0.4) is 0 Å². The minimum atomic E-state index is -0.287. The van der Waals surface area contributed by atoms with Gasteiger partial charge in [0.2, 0.25) is 5.91 Å². The van der Waals surface area contributed by atoms with E-state index < -0.39 is 0 Å². The van der Waals surface area contributed by atoms with E-state index in [1.165, 1.54) is 12.1 Å². The molecule has 160 valence electrons. The fraction of sp³-hybridized carbons (Fsp3) is 0.280. The van der Waals surface area contributed by atoms with Crippen LogP contribution in [0.4, 0.5) is 4.39 Å². The van der Waals surface area contributed by atoms with Gasteiger partial charge in [-0.05, 0) is 68.2 Å². The van der Waals surface area contributed by atoms with Gasteiger partial charge in [-0.25, -0.2) is 9.37 Å². The summed E-state index contributed by atoms with van der Waals surface area (Å²) in [7, 11) is 1.63.